The van der Waals surface area contributed by atoms with Gasteiger partial charge in [-0.3, -0.25) is 0 Å². The zero-order valence-corrected chi connectivity index (χ0v) is 23.3. The van der Waals surface area contributed by atoms with Gasteiger partial charge in [0.05, 0.1) is 0 Å². The van der Waals surface area contributed by atoms with Crippen LogP contribution in [0, 0.1) is 0 Å². The summed E-state index contributed by atoms with van der Waals surface area (Å²) in [7, 11) is 0. The number of aryl methyl sites for hydroxylation is 2. The van der Waals surface area contributed by atoms with Crippen LogP contribution in [0.4, 0.5) is 0 Å². The van der Waals surface area contributed by atoms with Gasteiger partial charge in [-0.2, -0.15) is 0 Å². The number of benzene rings is 8. The van der Waals surface area contributed by atoms with E-state index in [1.165, 1.54) is 87.6 Å². The molecule has 0 aliphatic heterocycles. The van der Waals surface area contributed by atoms with Crippen molar-refractivity contribution in [1.29, 1.82) is 0 Å². The van der Waals surface area contributed by atoms with Crippen molar-refractivity contribution in [3.8, 4) is 33.4 Å². The highest BCUT2D eigenvalue weighted by Gasteiger charge is 2.22. The molecule has 0 radical (unpaired) electrons. The van der Waals surface area contributed by atoms with Gasteiger partial charge in [0.25, 0.3) is 0 Å². The molecule has 1 aliphatic carbocycles. The fourth-order valence-corrected chi connectivity index (χ4v) is 7.49. The molecule has 0 saturated heterocycles. The minimum atomic E-state index is 1.07. The van der Waals surface area contributed by atoms with E-state index in [2.05, 4.69) is 146 Å². The van der Waals surface area contributed by atoms with Crippen molar-refractivity contribution < 1.29 is 0 Å². The van der Waals surface area contributed by atoms with Crippen molar-refractivity contribution >= 4 is 43.1 Å². The molecule has 0 N–H and O–H groups in total. The van der Waals surface area contributed by atoms with Crippen LogP contribution >= 0.6 is 0 Å². The van der Waals surface area contributed by atoms with Crippen LogP contribution in [0.3, 0.4) is 0 Å². The summed E-state index contributed by atoms with van der Waals surface area (Å²) in [6.45, 7) is 0. The molecule has 0 heteroatoms. The van der Waals surface area contributed by atoms with Gasteiger partial charge >= 0.3 is 0 Å². The number of rotatable bonds is 2. The number of fused-ring (bicyclic) bond motifs is 8. The maximum absolute atomic E-state index is 2.48. The predicted octanol–water partition coefficient (Wildman–Crippen LogP) is 11.4. The molecular formula is C42H28. The van der Waals surface area contributed by atoms with Gasteiger partial charge in [0.15, 0.2) is 0 Å². The molecule has 0 fully saturated rings. The second kappa shape index (κ2) is 9.16. The third-order valence-electron chi connectivity index (χ3n) is 9.33. The van der Waals surface area contributed by atoms with Gasteiger partial charge in [-0.1, -0.05) is 146 Å². The van der Waals surface area contributed by atoms with Crippen LogP contribution in [0.1, 0.15) is 11.1 Å². The van der Waals surface area contributed by atoms with Crippen molar-refractivity contribution in [2.45, 2.75) is 12.8 Å². The van der Waals surface area contributed by atoms with Crippen molar-refractivity contribution in [2.75, 3.05) is 0 Å². The molecule has 196 valence electrons. The number of hydrogen-bond acceptors (Lipinski definition) is 0. The van der Waals surface area contributed by atoms with E-state index in [-0.39, 0.29) is 0 Å². The lowest BCUT2D eigenvalue weighted by molar-refractivity contribution is 0.945. The summed E-state index contributed by atoms with van der Waals surface area (Å²) in [4.78, 5) is 0. The molecular weight excluding hydrogens is 504 g/mol. The molecule has 8 aromatic rings. The van der Waals surface area contributed by atoms with E-state index in [0.29, 0.717) is 0 Å². The van der Waals surface area contributed by atoms with Gasteiger partial charge in [0, 0.05) is 0 Å². The van der Waals surface area contributed by atoms with E-state index in [9.17, 15) is 0 Å². The molecule has 0 aromatic heterocycles. The zero-order chi connectivity index (χ0) is 27.6. The molecule has 42 heavy (non-hydrogen) atoms. The highest BCUT2D eigenvalue weighted by atomic mass is 14.2. The molecule has 0 spiro atoms. The first-order valence-electron chi connectivity index (χ1n) is 14.9. The lowest BCUT2D eigenvalue weighted by Gasteiger charge is -2.24. The first-order chi connectivity index (χ1) is 20.8. The Bertz CT molecular complexity index is 2290. The Morgan fingerprint density at radius 3 is 1.57 bits per heavy atom. The van der Waals surface area contributed by atoms with Crippen molar-refractivity contribution in [3.05, 3.63) is 157 Å². The summed E-state index contributed by atoms with van der Waals surface area (Å²) in [5, 5.41) is 10.5. The average molecular weight is 533 g/mol. The largest absolute Gasteiger partial charge is 0.0616 e. The van der Waals surface area contributed by atoms with Crippen molar-refractivity contribution in [1.82, 2.24) is 0 Å². The molecule has 9 rings (SSSR count). The van der Waals surface area contributed by atoms with Gasteiger partial charge < -0.3 is 0 Å². The molecule has 8 aromatic carbocycles. The lowest BCUT2D eigenvalue weighted by atomic mass is 9.80. The van der Waals surface area contributed by atoms with Crippen LogP contribution in [0.15, 0.2) is 146 Å². The first kappa shape index (κ1) is 23.5. The Balaban J connectivity index is 1.33. The van der Waals surface area contributed by atoms with E-state index >= 15 is 0 Å². The summed E-state index contributed by atoms with van der Waals surface area (Å²) in [6.07, 6.45) is 2.15. The fraction of sp³-hybridized carbons (Fsp3) is 0.0476. The lowest BCUT2D eigenvalue weighted by Crippen LogP contribution is -2.05. The van der Waals surface area contributed by atoms with Gasteiger partial charge in [0.2, 0.25) is 0 Å². The summed E-state index contributed by atoms with van der Waals surface area (Å²) >= 11 is 0. The molecule has 0 unspecified atom stereocenters. The SMILES string of the molecule is c1ccc2c(-c3c4ccccc4c(-c4ccc5c(c4)CCc4ccc6ccccc6c4-5)c4ccccc34)cccc2c1. The first-order valence-corrected chi connectivity index (χ1v) is 14.9. The van der Waals surface area contributed by atoms with E-state index in [1.807, 2.05) is 0 Å². The smallest absolute Gasteiger partial charge is 0.00201 e. The van der Waals surface area contributed by atoms with Crippen molar-refractivity contribution in [3.63, 3.8) is 0 Å². The summed E-state index contributed by atoms with van der Waals surface area (Å²) < 4.78 is 0. The van der Waals surface area contributed by atoms with Gasteiger partial charge in [0.1, 0.15) is 0 Å². The third-order valence-corrected chi connectivity index (χ3v) is 9.33. The Labute approximate surface area is 245 Å². The normalized spacial score (nSPS) is 12.6. The molecule has 0 atom stereocenters. The molecule has 1 aliphatic rings. The quantitative estimate of drug-likeness (QED) is 0.194. The maximum atomic E-state index is 2.48. The summed E-state index contributed by atoms with van der Waals surface area (Å²) in [6, 6.07) is 54.1. The van der Waals surface area contributed by atoms with E-state index in [0.717, 1.165) is 12.8 Å². The minimum absolute atomic E-state index is 1.07. The Morgan fingerprint density at radius 2 is 0.857 bits per heavy atom. The zero-order valence-electron chi connectivity index (χ0n) is 23.3. The minimum Gasteiger partial charge on any atom is -0.0616 e. The topological polar surface area (TPSA) is 0 Å². The number of hydrogen-bond donors (Lipinski definition) is 0. The average Bonchev–Trinajstić information content (AvgIpc) is 3.06. The fourth-order valence-electron chi connectivity index (χ4n) is 7.49. The van der Waals surface area contributed by atoms with Gasteiger partial charge in [-0.05, 0) is 100 Å². The van der Waals surface area contributed by atoms with E-state index in [1.54, 1.807) is 0 Å². The maximum Gasteiger partial charge on any atom is -0.00201 e. The Kier molecular flexibility index (Phi) is 5.12. The molecule has 0 saturated carbocycles. The summed E-state index contributed by atoms with van der Waals surface area (Å²) in [5.74, 6) is 0. The second-order valence-electron chi connectivity index (χ2n) is 11.6. The Hall–Kier alpha value is -5.20. The molecule has 0 nitrogen and oxygen atoms in total. The van der Waals surface area contributed by atoms with Crippen LogP contribution in [0.5, 0.6) is 0 Å². The third kappa shape index (κ3) is 3.42. The van der Waals surface area contributed by atoms with Crippen LogP contribution < -0.4 is 0 Å². The van der Waals surface area contributed by atoms with E-state index in [4.69, 9.17) is 0 Å². The van der Waals surface area contributed by atoms with Gasteiger partial charge in [-0.25, -0.2) is 0 Å². The van der Waals surface area contributed by atoms with E-state index < -0.39 is 0 Å². The highest BCUT2D eigenvalue weighted by molar-refractivity contribution is 6.23. The molecule has 0 amide bonds. The monoisotopic (exact) mass is 532 g/mol. The molecule has 0 bridgehead atoms. The van der Waals surface area contributed by atoms with Crippen LogP contribution in [0.2, 0.25) is 0 Å². The van der Waals surface area contributed by atoms with Crippen LogP contribution in [-0.2, 0) is 12.8 Å². The van der Waals surface area contributed by atoms with Crippen LogP contribution in [0.25, 0.3) is 76.5 Å². The summed E-state index contributed by atoms with van der Waals surface area (Å²) in [5.41, 5.74) is 11.0. The Morgan fingerprint density at radius 1 is 0.310 bits per heavy atom. The predicted molar refractivity (Wildman–Crippen MR) is 180 cm³/mol. The van der Waals surface area contributed by atoms with Gasteiger partial charge in [-0.15, -0.1) is 0 Å². The van der Waals surface area contributed by atoms with Crippen molar-refractivity contribution in [2.24, 2.45) is 0 Å². The standard InChI is InChI=1S/C42H28/c1-3-13-32-27(10-1)12-9-19-35(32)42-38-17-7-5-15-36(38)41(37-16-6-8-18-39(37)42)31-24-25-34-30(26-31)23-22-29-21-20-28-11-2-4-14-33(28)40(29)34/h1-21,24-26H,22-23H2. The molecule has 0 heterocycles. The van der Waals surface area contributed by atoms with Crippen LogP contribution in [-0.4, -0.2) is 0 Å². The highest BCUT2D eigenvalue weighted by Crippen LogP contribution is 2.47. The second-order valence-corrected chi connectivity index (χ2v) is 11.6.